The molecule has 1 aromatic heterocycles. The van der Waals surface area contributed by atoms with Gasteiger partial charge < -0.3 is 14.8 Å². The maximum Gasteiger partial charge on any atom is 0.407 e. The Labute approximate surface area is 146 Å². The molecule has 0 bridgehead atoms. The van der Waals surface area contributed by atoms with Gasteiger partial charge in [-0.15, -0.1) is 11.3 Å². The fourth-order valence-corrected chi connectivity index (χ4v) is 3.12. The molecule has 134 valence electrons. The topological polar surface area (TPSA) is 77.5 Å². The van der Waals surface area contributed by atoms with Crippen LogP contribution in [0.2, 0.25) is 0 Å². The minimum atomic E-state index is -0.556. The van der Waals surface area contributed by atoms with Crippen LogP contribution < -0.4 is 5.32 Å². The van der Waals surface area contributed by atoms with Crippen LogP contribution in [-0.4, -0.2) is 28.7 Å². The van der Waals surface area contributed by atoms with Crippen LogP contribution in [0.15, 0.2) is 0 Å². The summed E-state index contributed by atoms with van der Waals surface area (Å²) in [6.45, 7) is 9.54. The largest absolute Gasteiger partial charge is 0.458 e. The van der Waals surface area contributed by atoms with E-state index in [9.17, 15) is 9.59 Å². The number of thiazole rings is 1. The van der Waals surface area contributed by atoms with E-state index in [4.69, 9.17) is 9.47 Å². The highest BCUT2D eigenvalue weighted by molar-refractivity contribution is 7.11. The van der Waals surface area contributed by atoms with E-state index in [2.05, 4.69) is 10.3 Å². The summed E-state index contributed by atoms with van der Waals surface area (Å²) in [4.78, 5) is 29.5. The van der Waals surface area contributed by atoms with Crippen molar-refractivity contribution in [2.45, 2.75) is 72.1 Å². The van der Waals surface area contributed by atoms with E-state index in [0.29, 0.717) is 5.92 Å². The second-order valence-electron chi connectivity index (χ2n) is 7.20. The molecule has 0 saturated heterocycles. The number of nitrogens with zero attached hydrogens (tertiary/aromatic N) is 1. The average Bonchev–Trinajstić information content (AvgIpc) is 3.21. The van der Waals surface area contributed by atoms with Gasteiger partial charge in [-0.25, -0.2) is 9.78 Å². The molecule has 0 spiro atoms. The SMILES string of the molecule is Cc1nc(COC(=O)CC(NC(=O)OC(C)(C)C)C2CC2)sc1C. The van der Waals surface area contributed by atoms with Gasteiger partial charge in [-0.2, -0.15) is 0 Å². The number of aryl methyl sites for hydroxylation is 2. The van der Waals surface area contributed by atoms with Crippen molar-refractivity contribution in [1.82, 2.24) is 10.3 Å². The summed E-state index contributed by atoms with van der Waals surface area (Å²) in [6.07, 6.45) is 1.70. The molecule has 1 fully saturated rings. The van der Waals surface area contributed by atoms with Crippen molar-refractivity contribution in [2.75, 3.05) is 0 Å². The van der Waals surface area contributed by atoms with E-state index in [1.165, 1.54) is 11.3 Å². The minimum Gasteiger partial charge on any atom is -0.458 e. The molecule has 7 heteroatoms. The van der Waals surface area contributed by atoms with Crippen LogP contribution in [0.5, 0.6) is 0 Å². The first kappa shape index (κ1) is 18.7. The Morgan fingerprint density at radius 1 is 1.33 bits per heavy atom. The van der Waals surface area contributed by atoms with Crippen LogP contribution in [0, 0.1) is 19.8 Å². The van der Waals surface area contributed by atoms with E-state index < -0.39 is 11.7 Å². The molecule has 1 aliphatic rings. The van der Waals surface area contributed by atoms with Gasteiger partial charge in [0.1, 0.15) is 17.2 Å². The van der Waals surface area contributed by atoms with Crippen LogP contribution in [0.1, 0.15) is 55.6 Å². The van der Waals surface area contributed by atoms with Crippen LogP contribution in [0.4, 0.5) is 4.79 Å². The smallest absolute Gasteiger partial charge is 0.407 e. The molecular weight excluding hydrogens is 328 g/mol. The van der Waals surface area contributed by atoms with Crippen molar-refractivity contribution in [3.05, 3.63) is 15.6 Å². The van der Waals surface area contributed by atoms with Gasteiger partial charge in [0, 0.05) is 10.9 Å². The lowest BCUT2D eigenvalue weighted by Crippen LogP contribution is -2.41. The quantitative estimate of drug-likeness (QED) is 0.791. The molecule has 6 nitrogen and oxygen atoms in total. The first-order valence-corrected chi connectivity index (χ1v) is 9.04. The standard InChI is InChI=1S/C17H26N2O4S/c1-10-11(2)24-14(18-10)9-22-15(20)8-13(12-6-7-12)19-16(21)23-17(3,4)5/h12-13H,6-9H2,1-5H3,(H,19,21). The molecule has 0 radical (unpaired) electrons. The van der Waals surface area contributed by atoms with Crippen molar-refractivity contribution >= 4 is 23.4 Å². The van der Waals surface area contributed by atoms with Crippen molar-refractivity contribution in [1.29, 1.82) is 0 Å². The lowest BCUT2D eigenvalue weighted by molar-refractivity contribution is -0.145. The monoisotopic (exact) mass is 354 g/mol. The zero-order chi connectivity index (χ0) is 17.9. The van der Waals surface area contributed by atoms with Crippen LogP contribution in [0.3, 0.4) is 0 Å². The van der Waals surface area contributed by atoms with Crippen molar-refractivity contribution in [2.24, 2.45) is 5.92 Å². The van der Waals surface area contributed by atoms with Gasteiger partial charge >= 0.3 is 12.1 Å². The summed E-state index contributed by atoms with van der Waals surface area (Å²) in [5.41, 5.74) is 0.410. The van der Waals surface area contributed by atoms with Crippen LogP contribution >= 0.6 is 11.3 Å². The third-order valence-corrected chi connectivity index (χ3v) is 4.76. The third kappa shape index (κ3) is 6.11. The molecule has 1 heterocycles. The number of amides is 1. The number of hydrogen-bond acceptors (Lipinski definition) is 6. The predicted molar refractivity (Wildman–Crippen MR) is 91.9 cm³/mol. The Morgan fingerprint density at radius 3 is 2.50 bits per heavy atom. The van der Waals surface area contributed by atoms with Gasteiger partial charge in [0.05, 0.1) is 12.1 Å². The van der Waals surface area contributed by atoms with E-state index in [1.54, 1.807) is 0 Å². The van der Waals surface area contributed by atoms with Gasteiger partial charge in [-0.3, -0.25) is 4.79 Å². The number of carbonyl (C=O) groups is 2. The van der Waals surface area contributed by atoms with Gasteiger partial charge in [-0.1, -0.05) is 0 Å². The summed E-state index contributed by atoms with van der Waals surface area (Å²) in [5, 5.41) is 3.60. The van der Waals surface area contributed by atoms with E-state index in [0.717, 1.165) is 28.4 Å². The number of hydrogen-bond donors (Lipinski definition) is 1. The predicted octanol–water partition coefficient (Wildman–Crippen LogP) is 3.50. The van der Waals surface area contributed by atoms with Crippen molar-refractivity contribution < 1.29 is 19.1 Å². The van der Waals surface area contributed by atoms with Gasteiger partial charge in [-0.05, 0) is 53.4 Å². The number of aromatic nitrogens is 1. The average molecular weight is 354 g/mol. The molecule has 2 rings (SSSR count). The second-order valence-corrected chi connectivity index (χ2v) is 8.49. The summed E-state index contributed by atoms with van der Waals surface area (Å²) >= 11 is 1.53. The fraction of sp³-hybridized carbons (Fsp3) is 0.706. The molecule has 1 aliphatic carbocycles. The molecular formula is C17H26N2O4S. The van der Waals surface area contributed by atoms with Crippen molar-refractivity contribution in [3.8, 4) is 0 Å². The highest BCUT2D eigenvalue weighted by atomic mass is 32.1. The first-order chi connectivity index (χ1) is 11.1. The molecule has 0 aromatic carbocycles. The normalized spacial score (nSPS) is 15.7. The summed E-state index contributed by atoms with van der Waals surface area (Å²) in [5.74, 6) is 0.00267. The number of alkyl carbamates (subject to hydrolysis) is 1. The summed E-state index contributed by atoms with van der Waals surface area (Å²) < 4.78 is 10.6. The molecule has 1 aromatic rings. The molecule has 1 atom stereocenters. The Bertz CT molecular complexity index is 583. The van der Waals surface area contributed by atoms with Crippen LogP contribution in [0.25, 0.3) is 0 Å². The molecule has 24 heavy (non-hydrogen) atoms. The maximum atomic E-state index is 12.1. The molecule has 1 amide bonds. The minimum absolute atomic E-state index is 0.160. The lowest BCUT2D eigenvalue weighted by Gasteiger charge is -2.23. The molecule has 1 saturated carbocycles. The second kappa shape index (κ2) is 7.51. The fourth-order valence-electron chi connectivity index (χ4n) is 2.27. The highest BCUT2D eigenvalue weighted by Gasteiger charge is 2.35. The number of nitrogens with one attached hydrogen (secondary N) is 1. The number of carbonyl (C=O) groups excluding carboxylic acids is 2. The van der Waals surface area contributed by atoms with E-state index >= 15 is 0 Å². The Hall–Kier alpha value is -1.63. The van der Waals surface area contributed by atoms with Crippen molar-refractivity contribution in [3.63, 3.8) is 0 Å². The number of esters is 1. The molecule has 1 unspecified atom stereocenters. The third-order valence-electron chi connectivity index (χ3n) is 3.71. The Morgan fingerprint density at radius 2 is 2.00 bits per heavy atom. The lowest BCUT2D eigenvalue weighted by atomic mass is 10.1. The van der Waals surface area contributed by atoms with Gasteiger partial charge in [0.25, 0.3) is 0 Å². The zero-order valence-electron chi connectivity index (χ0n) is 15.0. The maximum absolute atomic E-state index is 12.1. The Balaban J connectivity index is 1.81. The van der Waals surface area contributed by atoms with E-state index in [1.807, 2.05) is 34.6 Å². The number of rotatable bonds is 6. The number of ether oxygens (including phenoxy) is 2. The Kier molecular flexibility index (Phi) is 5.85. The van der Waals surface area contributed by atoms with Crippen LogP contribution in [-0.2, 0) is 20.9 Å². The highest BCUT2D eigenvalue weighted by Crippen LogP contribution is 2.34. The molecule has 1 N–H and O–H groups in total. The summed E-state index contributed by atoms with van der Waals surface area (Å²) in [6, 6.07) is -0.230. The zero-order valence-corrected chi connectivity index (χ0v) is 15.8. The first-order valence-electron chi connectivity index (χ1n) is 8.22. The van der Waals surface area contributed by atoms with Gasteiger partial charge in [0.2, 0.25) is 0 Å². The van der Waals surface area contributed by atoms with Gasteiger partial charge in [0.15, 0.2) is 0 Å². The molecule has 0 aliphatic heterocycles. The van der Waals surface area contributed by atoms with E-state index in [-0.39, 0.29) is 25.0 Å². The summed E-state index contributed by atoms with van der Waals surface area (Å²) in [7, 11) is 0.